The quantitative estimate of drug-likeness (QED) is 0.252. The van der Waals surface area contributed by atoms with Gasteiger partial charge < -0.3 is 15.8 Å². The first-order valence-corrected chi connectivity index (χ1v) is 12.6. The molecule has 3 aromatic carbocycles. The molecular weight excluding hydrogens is 490 g/mol. The lowest BCUT2D eigenvalue weighted by Crippen LogP contribution is -2.12. The number of carbonyl (C=O) groups excluding carboxylic acids is 1. The van der Waals surface area contributed by atoms with E-state index in [9.17, 15) is 4.79 Å². The number of benzene rings is 3. The zero-order chi connectivity index (χ0) is 25.4. The van der Waals surface area contributed by atoms with Crippen molar-refractivity contribution in [1.82, 2.24) is 4.98 Å². The fraction of sp³-hybridized carbons (Fsp3) is 0.103. The van der Waals surface area contributed by atoms with E-state index >= 15 is 0 Å². The SMILES string of the molecule is COc1ccccc1-c1cc(-c2ccc(C)cc2)nc2sc(C(=O)Nc3ccc(C)c(Cl)c3)c(N)c12. The Morgan fingerprint density at radius 2 is 1.75 bits per heavy atom. The minimum atomic E-state index is -0.307. The van der Waals surface area contributed by atoms with Crippen LogP contribution in [0, 0.1) is 13.8 Å². The lowest BCUT2D eigenvalue weighted by atomic mass is 9.98. The normalized spacial score (nSPS) is 11.0. The molecule has 0 radical (unpaired) electrons. The number of nitrogen functional groups attached to an aromatic ring is 1. The molecular formula is C29H24ClN3O2S. The Morgan fingerprint density at radius 1 is 1.00 bits per heavy atom. The molecule has 5 rings (SSSR count). The summed E-state index contributed by atoms with van der Waals surface area (Å²) in [5, 5.41) is 4.23. The van der Waals surface area contributed by atoms with Crippen LogP contribution in [0.3, 0.4) is 0 Å². The number of hydrogen-bond acceptors (Lipinski definition) is 5. The number of thiophene rings is 1. The molecule has 5 nitrogen and oxygen atoms in total. The number of fused-ring (bicyclic) bond motifs is 1. The number of rotatable bonds is 5. The number of pyridine rings is 1. The number of nitrogens with one attached hydrogen (secondary N) is 1. The second kappa shape index (κ2) is 9.64. The van der Waals surface area contributed by atoms with Crippen LogP contribution in [0.5, 0.6) is 5.75 Å². The summed E-state index contributed by atoms with van der Waals surface area (Å²) in [5.41, 5.74) is 13.2. The van der Waals surface area contributed by atoms with Gasteiger partial charge in [0.25, 0.3) is 5.91 Å². The molecule has 0 saturated heterocycles. The summed E-state index contributed by atoms with van der Waals surface area (Å²) < 4.78 is 5.65. The summed E-state index contributed by atoms with van der Waals surface area (Å²) in [5.74, 6) is 0.407. The third-order valence-electron chi connectivity index (χ3n) is 6.08. The van der Waals surface area contributed by atoms with Crippen molar-refractivity contribution in [1.29, 1.82) is 0 Å². The number of nitrogens with zero attached hydrogens (tertiary/aromatic N) is 1. The number of aromatic nitrogens is 1. The fourth-order valence-electron chi connectivity index (χ4n) is 4.10. The Morgan fingerprint density at radius 3 is 2.47 bits per heavy atom. The second-order valence-corrected chi connectivity index (χ2v) is 9.97. The van der Waals surface area contributed by atoms with Crippen molar-refractivity contribution in [3.63, 3.8) is 0 Å². The average molecular weight is 514 g/mol. The van der Waals surface area contributed by atoms with Crippen LogP contribution in [0.2, 0.25) is 5.02 Å². The van der Waals surface area contributed by atoms with E-state index < -0.39 is 0 Å². The zero-order valence-electron chi connectivity index (χ0n) is 20.1. The Labute approximate surface area is 218 Å². The van der Waals surface area contributed by atoms with Crippen LogP contribution < -0.4 is 15.8 Å². The topological polar surface area (TPSA) is 77.2 Å². The molecule has 0 saturated carbocycles. The number of methoxy groups -OCH3 is 1. The molecule has 0 spiro atoms. The van der Waals surface area contributed by atoms with Gasteiger partial charge in [0, 0.05) is 27.2 Å². The summed E-state index contributed by atoms with van der Waals surface area (Å²) in [6, 6.07) is 23.4. The highest BCUT2D eigenvalue weighted by Crippen LogP contribution is 2.44. The summed E-state index contributed by atoms with van der Waals surface area (Å²) in [6.07, 6.45) is 0. The Hall–Kier alpha value is -3.87. The number of para-hydroxylation sites is 1. The molecule has 36 heavy (non-hydrogen) atoms. The number of nitrogens with two attached hydrogens (primary N) is 1. The Balaban J connectivity index is 1.69. The lowest BCUT2D eigenvalue weighted by Gasteiger charge is -2.12. The van der Waals surface area contributed by atoms with Crippen molar-refractivity contribution in [3.05, 3.63) is 93.8 Å². The fourth-order valence-corrected chi connectivity index (χ4v) is 5.30. The van der Waals surface area contributed by atoms with Crippen LogP contribution in [-0.2, 0) is 0 Å². The highest BCUT2D eigenvalue weighted by atomic mass is 35.5. The number of halogens is 1. The van der Waals surface area contributed by atoms with Gasteiger partial charge in [0.1, 0.15) is 15.5 Å². The van der Waals surface area contributed by atoms with Crippen molar-refractivity contribution in [3.8, 4) is 28.1 Å². The van der Waals surface area contributed by atoms with Gasteiger partial charge in [0.2, 0.25) is 0 Å². The molecule has 0 aliphatic heterocycles. The molecule has 0 bridgehead atoms. The maximum Gasteiger partial charge on any atom is 0.267 e. The Kier molecular flexibility index (Phi) is 6.39. The van der Waals surface area contributed by atoms with Gasteiger partial charge in [-0.2, -0.15) is 0 Å². The minimum Gasteiger partial charge on any atom is -0.496 e. The van der Waals surface area contributed by atoms with E-state index in [0.29, 0.717) is 31.9 Å². The van der Waals surface area contributed by atoms with Crippen molar-refractivity contribution >= 4 is 50.4 Å². The molecule has 7 heteroatoms. The molecule has 0 fully saturated rings. The van der Waals surface area contributed by atoms with Crippen LogP contribution in [0.15, 0.2) is 72.8 Å². The number of ether oxygens (including phenoxy) is 1. The first kappa shape index (κ1) is 23.9. The zero-order valence-corrected chi connectivity index (χ0v) is 21.6. The summed E-state index contributed by atoms with van der Waals surface area (Å²) in [4.78, 5) is 19.3. The van der Waals surface area contributed by atoms with E-state index in [0.717, 1.165) is 33.3 Å². The Bertz CT molecular complexity index is 1610. The van der Waals surface area contributed by atoms with E-state index in [1.54, 1.807) is 13.2 Å². The predicted molar refractivity (Wildman–Crippen MR) is 150 cm³/mol. The van der Waals surface area contributed by atoms with E-state index in [1.807, 2.05) is 68.4 Å². The van der Waals surface area contributed by atoms with E-state index in [-0.39, 0.29) is 5.91 Å². The summed E-state index contributed by atoms with van der Waals surface area (Å²) in [6.45, 7) is 3.96. The third kappa shape index (κ3) is 4.41. The summed E-state index contributed by atoms with van der Waals surface area (Å²) >= 11 is 7.52. The molecule has 0 aliphatic rings. The van der Waals surface area contributed by atoms with Gasteiger partial charge in [-0.15, -0.1) is 11.3 Å². The van der Waals surface area contributed by atoms with Gasteiger partial charge in [-0.05, 0) is 49.2 Å². The van der Waals surface area contributed by atoms with Crippen LogP contribution in [-0.4, -0.2) is 18.0 Å². The molecule has 1 amide bonds. The third-order valence-corrected chi connectivity index (χ3v) is 7.58. The molecule has 5 aromatic rings. The number of anilines is 2. The van der Waals surface area contributed by atoms with Crippen molar-refractivity contribution in [2.24, 2.45) is 0 Å². The maximum atomic E-state index is 13.3. The lowest BCUT2D eigenvalue weighted by molar-refractivity contribution is 0.103. The molecule has 0 unspecified atom stereocenters. The number of aryl methyl sites for hydroxylation is 2. The average Bonchev–Trinajstić information content (AvgIpc) is 3.22. The number of hydrogen-bond donors (Lipinski definition) is 2. The molecule has 3 N–H and O–H groups in total. The van der Waals surface area contributed by atoms with E-state index in [2.05, 4.69) is 17.4 Å². The van der Waals surface area contributed by atoms with Gasteiger partial charge in [0.15, 0.2) is 0 Å². The molecule has 0 atom stereocenters. The molecule has 2 aromatic heterocycles. The minimum absolute atomic E-state index is 0.307. The standard InChI is InChI=1S/C29H24ClN3O2S/c1-16-8-11-18(12-9-16)23-15-21(20-6-4-5-7-24(20)35-3)25-26(31)27(36-29(25)33-23)28(34)32-19-13-10-17(2)22(30)14-19/h4-15H,31H2,1-3H3,(H,32,34). The van der Waals surface area contributed by atoms with Crippen molar-refractivity contribution in [2.75, 3.05) is 18.2 Å². The predicted octanol–water partition coefficient (Wildman–Crippen LogP) is 7.74. The monoisotopic (exact) mass is 513 g/mol. The van der Waals surface area contributed by atoms with Crippen molar-refractivity contribution < 1.29 is 9.53 Å². The largest absolute Gasteiger partial charge is 0.496 e. The van der Waals surface area contributed by atoms with Crippen molar-refractivity contribution in [2.45, 2.75) is 13.8 Å². The van der Waals surface area contributed by atoms with Crippen LogP contribution in [0.1, 0.15) is 20.8 Å². The number of carbonyl (C=O) groups is 1. The van der Waals surface area contributed by atoms with Gasteiger partial charge in [-0.1, -0.05) is 65.7 Å². The second-order valence-electron chi connectivity index (χ2n) is 8.56. The van der Waals surface area contributed by atoms with Gasteiger partial charge in [-0.3, -0.25) is 4.79 Å². The van der Waals surface area contributed by atoms with E-state index in [1.165, 1.54) is 16.9 Å². The van der Waals surface area contributed by atoms with Crippen LogP contribution in [0.4, 0.5) is 11.4 Å². The van der Waals surface area contributed by atoms with Crippen LogP contribution >= 0.6 is 22.9 Å². The number of amides is 1. The highest BCUT2D eigenvalue weighted by Gasteiger charge is 2.23. The molecule has 0 aliphatic carbocycles. The van der Waals surface area contributed by atoms with E-state index in [4.69, 9.17) is 27.1 Å². The first-order chi connectivity index (χ1) is 17.4. The maximum absolute atomic E-state index is 13.3. The molecule has 180 valence electrons. The summed E-state index contributed by atoms with van der Waals surface area (Å²) in [7, 11) is 1.64. The molecule has 2 heterocycles. The highest BCUT2D eigenvalue weighted by molar-refractivity contribution is 7.21. The van der Waals surface area contributed by atoms with Crippen LogP contribution in [0.25, 0.3) is 32.6 Å². The smallest absolute Gasteiger partial charge is 0.267 e. The van der Waals surface area contributed by atoms with Gasteiger partial charge in [-0.25, -0.2) is 4.98 Å². The van der Waals surface area contributed by atoms with Gasteiger partial charge in [0.05, 0.1) is 18.5 Å². The van der Waals surface area contributed by atoms with Gasteiger partial charge >= 0.3 is 0 Å². The first-order valence-electron chi connectivity index (χ1n) is 11.4.